The van der Waals surface area contributed by atoms with Crippen molar-refractivity contribution in [3.63, 3.8) is 0 Å². The van der Waals surface area contributed by atoms with Crippen LogP contribution in [-0.4, -0.2) is 26.5 Å². The van der Waals surface area contributed by atoms with Crippen LogP contribution in [0.4, 0.5) is 0 Å². The van der Waals surface area contributed by atoms with Crippen molar-refractivity contribution in [2.75, 3.05) is 0 Å². The van der Waals surface area contributed by atoms with Crippen molar-refractivity contribution < 1.29 is 25.2 Å². The number of hydrogen-bond donors (Lipinski definition) is 4. The Balaban J connectivity index is 1.79. The lowest BCUT2D eigenvalue weighted by molar-refractivity contribution is 0.0175. The molecule has 27 heavy (non-hydrogen) atoms. The highest BCUT2D eigenvalue weighted by molar-refractivity contribution is 7.99. The van der Waals surface area contributed by atoms with Gasteiger partial charge in [-0.1, -0.05) is 30.3 Å². The van der Waals surface area contributed by atoms with Crippen molar-refractivity contribution in [2.24, 2.45) is 0 Å². The molecular weight excluding hydrogens is 364 g/mol. The third-order valence-electron chi connectivity index (χ3n) is 4.49. The number of rotatable bonds is 3. The van der Waals surface area contributed by atoms with Crippen LogP contribution in [0.5, 0.6) is 23.0 Å². The minimum atomic E-state index is -0.956. The average molecular weight is 382 g/mol. The molecule has 3 atom stereocenters. The fraction of sp³-hybridized carbons (Fsp3) is 0.143. The van der Waals surface area contributed by atoms with Gasteiger partial charge in [0.1, 0.15) is 29.1 Å². The molecule has 0 aromatic heterocycles. The smallest absolute Gasteiger partial charge is 0.151 e. The fourth-order valence-electron chi connectivity index (χ4n) is 3.22. The van der Waals surface area contributed by atoms with E-state index < -0.39 is 17.5 Å². The van der Waals surface area contributed by atoms with Crippen LogP contribution < -0.4 is 4.74 Å². The van der Waals surface area contributed by atoms with E-state index in [2.05, 4.69) is 0 Å². The van der Waals surface area contributed by atoms with Gasteiger partial charge in [0, 0.05) is 17.0 Å². The summed E-state index contributed by atoms with van der Waals surface area (Å²) >= 11 is 1.42. The number of ether oxygens (including phenoxy) is 1. The normalized spacial score (nSPS) is 21.3. The van der Waals surface area contributed by atoms with Gasteiger partial charge in [-0.2, -0.15) is 0 Å². The Morgan fingerprint density at radius 2 is 1.52 bits per heavy atom. The number of fused-ring (bicyclic) bond motifs is 1. The Kier molecular flexibility index (Phi) is 4.59. The first-order valence-electron chi connectivity index (χ1n) is 8.44. The summed E-state index contributed by atoms with van der Waals surface area (Å²) in [5.41, 5.74) is 1.14. The van der Waals surface area contributed by atoms with Crippen LogP contribution in [0.2, 0.25) is 0 Å². The molecule has 0 radical (unpaired) electrons. The van der Waals surface area contributed by atoms with Gasteiger partial charge in [-0.25, -0.2) is 0 Å². The Hall–Kier alpha value is -2.83. The van der Waals surface area contributed by atoms with Crippen LogP contribution in [-0.2, 0) is 0 Å². The van der Waals surface area contributed by atoms with Crippen molar-refractivity contribution in [1.29, 1.82) is 0 Å². The SMILES string of the molecule is Oc1ccc([C@@H]2Oc3cc(O)cc(O)c3C(Sc3ccccc3)[C@@H]2O)cc1. The maximum absolute atomic E-state index is 11.1. The Morgan fingerprint density at radius 1 is 0.815 bits per heavy atom. The zero-order valence-electron chi connectivity index (χ0n) is 14.2. The zero-order valence-corrected chi connectivity index (χ0v) is 15.0. The molecule has 4 N–H and O–H groups in total. The molecule has 138 valence electrons. The van der Waals surface area contributed by atoms with E-state index in [1.165, 1.54) is 36.0 Å². The number of thioether (sulfide) groups is 1. The standard InChI is InChI=1S/C21H18O5S/c22-13-8-6-12(7-9-13)20-19(25)21(27-15-4-2-1-3-5-15)18-16(24)10-14(23)11-17(18)26-20/h1-11,19-25H/t19-,20+,21?/m1/s1. The molecule has 0 aliphatic carbocycles. The summed E-state index contributed by atoms with van der Waals surface area (Å²) in [5.74, 6) is 0.205. The second kappa shape index (κ2) is 7.06. The van der Waals surface area contributed by atoms with Gasteiger partial charge in [0.25, 0.3) is 0 Å². The van der Waals surface area contributed by atoms with E-state index in [0.29, 0.717) is 16.9 Å². The van der Waals surface area contributed by atoms with Crippen LogP contribution in [0.3, 0.4) is 0 Å². The number of aliphatic hydroxyl groups excluding tert-OH is 1. The van der Waals surface area contributed by atoms with Crippen molar-refractivity contribution >= 4 is 11.8 Å². The van der Waals surface area contributed by atoms with E-state index in [9.17, 15) is 20.4 Å². The minimum Gasteiger partial charge on any atom is -0.508 e. The maximum Gasteiger partial charge on any atom is 0.151 e. The molecule has 1 heterocycles. The summed E-state index contributed by atoms with van der Waals surface area (Å²) in [6.07, 6.45) is -1.66. The maximum atomic E-state index is 11.1. The first kappa shape index (κ1) is 17.6. The summed E-state index contributed by atoms with van der Waals surface area (Å²) in [7, 11) is 0. The molecule has 0 saturated heterocycles. The number of phenolic OH excluding ortho intramolecular Hbond substituents is 3. The predicted octanol–water partition coefficient (Wildman–Crippen LogP) is 4.13. The topological polar surface area (TPSA) is 90.2 Å². The summed E-state index contributed by atoms with van der Waals surface area (Å²) < 4.78 is 5.93. The number of phenols is 3. The number of aliphatic hydroxyl groups is 1. The molecule has 3 aromatic rings. The van der Waals surface area contributed by atoms with E-state index in [0.717, 1.165) is 4.90 Å². The lowest BCUT2D eigenvalue weighted by Crippen LogP contribution is -2.33. The van der Waals surface area contributed by atoms with Gasteiger partial charge in [0.05, 0.1) is 10.8 Å². The molecule has 0 saturated carbocycles. The highest BCUT2D eigenvalue weighted by atomic mass is 32.2. The molecule has 0 amide bonds. The molecular formula is C21H18O5S. The van der Waals surface area contributed by atoms with Gasteiger partial charge in [0.15, 0.2) is 6.10 Å². The second-order valence-corrected chi connectivity index (χ2v) is 7.56. The monoisotopic (exact) mass is 382 g/mol. The number of benzene rings is 3. The van der Waals surface area contributed by atoms with Gasteiger partial charge in [-0.05, 0) is 29.8 Å². The molecule has 0 bridgehead atoms. The summed E-state index contributed by atoms with van der Waals surface area (Å²) in [4.78, 5) is 0.936. The van der Waals surface area contributed by atoms with E-state index >= 15 is 0 Å². The average Bonchev–Trinajstić information content (AvgIpc) is 2.65. The predicted molar refractivity (Wildman–Crippen MR) is 102 cm³/mol. The molecule has 0 fully saturated rings. The quantitative estimate of drug-likeness (QED) is 0.545. The van der Waals surface area contributed by atoms with Gasteiger partial charge in [0.2, 0.25) is 0 Å². The summed E-state index contributed by atoms with van der Waals surface area (Å²) in [6.45, 7) is 0. The highest BCUT2D eigenvalue weighted by Crippen LogP contribution is 2.53. The number of hydrogen-bond acceptors (Lipinski definition) is 6. The van der Waals surface area contributed by atoms with Crippen LogP contribution in [0.15, 0.2) is 71.6 Å². The van der Waals surface area contributed by atoms with Crippen molar-refractivity contribution in [1.82, 2.24) is 0 Å². The Labute approximate surface area is 160 Å². The molecule has 1 aliphatic rings. The molecule has 1 unspecified atom stereocenters. The van der Waals surface area contributed by atoms with E-state index in [4.69, 9.17) is 4.74 Å². The van der Waals surface area contributed by atoms with E-state index in [1.54, 1.807) is 12.1 Å². The second-order valence-electron chi connectivity index (χ2n) is 6.35. The van der Waals surface area contributed by atoms with Crippen LogP contribution in [0, 0.1) is 0 Å². The van der Waals surface area contributed by atoms with Crippen LogP contribution in [0.1, 0.15) is 22.5 Å². The molecule has 3 aromatic carbocycles. The summed E-state index contributed by atoms with van der Waals surface area (Å²) in [6, 6.07) is 18.7. The van der Waals surface area contributed by atoms with Crippen LogP contribution >= 0.6 is 11.8 Å². The summed E-state index contributed by atoms with van der Waals surface area (Å²) in [5, 5.41) is 40.4. The first-order chi connectivity index (χ1) is 13.0. The Morgan fingerprint density at radius 3 is 2.22 bits per heavy atom. The largest absolute Gasteiger partial charge is 0.508 e. The van der Waals surface area contributed by atoms with Gasteiger partial charge >= 0.3 is 0 Å². The van der Waals surface area contributed by atoms with Crippen molar-refractivity contribution in [3.8, 4) is 23.0 Å². The van der Waals surface area contributed by atoms with E-state index in [-0.39, 0.29) is 17.2 Å². The highest BCUT2D eigenvalue weighted by Gasteiger charge is 2.40. The Bertz CT molecular complexity index is 943. The molecule has 0 spiro atoms. The van der Waals surface area contributed by atoms with Gasteiger partial charge < -0.3 is 25.2 Å². The van der Waals surface area contributed by atoms with Crippen molar-refractivity contribution in [3.05, 3.63) is 77.9 Å². The molecule has 5 nitrogen and oxygen atoms in total. The molecule has 1 aliphatic heterocycles. The van der Waals surface area contributed by atoms with Gasteiger partial charge in [-0.3, -0.25) is 0 Å². The van der Waals surface area contributed by atoms with Crippen LogP contribution in [0.25, 0.3) is 0 Å². The third-order valence-corrected chi connectivity index (χ3v) is 5.80. The van der Waals surface area contributed by atoms with Crippen molar-refractivity contribution in [2.45, 2.75) is 22.4 Å². The van der Waals surface area contributed by atoms with Gasteiger partial charge in [-0.15, -0.1) is 11.8 Å². The molecule has 4 rings (SSSR count). The fourth-order valence-corrected chi connectivity index (χ4v) is 4.47. The number of aromatic hydroxyl groups is 3. The zero-order chi connectivity index (χ0) is 19.0. The van der Waals surface area contributed by atoms with E-state index in [1.807, 2.05) is 30.3 Å². The molecule has 6 heteroatoms. The first-order valence-corrected chi connectivity index (χ1v) is 9.32. The lowest BCUT2D eigenvalue weighted by atomic mass is 9.93. The minimum absolute atomic E-state index is 0.115. The lowest BCUT2D eigenvalue weighted by Gasteiger charge is -2.37. The third kappa shape index (κ3) is 3.41.